The molecular weight excluding hydrogens is 252 g/mol. The van der Waals surface area contributed by atoms with Crippen LogP contribution in [0.5, 0.6) is 0 Å². The number of benzene rings is 1. The van der Waals surface area contributed by atoms with E-state index in [1.54, 1.807) is 0 Å². The lowest BCUT2D eigenvalue weighted by atomic mass is 9.86. The first-order chi connectivity index (χ1) is 8.97. The second kappa shape index (κ2) is 5.91. The molecule has 1 aromatic carbocycles. The highest BCUT2D eigenvalue weighted by atomic mass is 32.1. The van der Waals surface area contributed by atoms with Crippen molar-refractivity contribution in [2.24, 2.45) is 0 Å². The van der Waals surface area contributed by atoms with Crippen LogP contribution in [0.4, 0.5) is 5.69 Å². The topological polar surface area (TPSA) is 24.1 Å². The lowest BCUT2D eigenvalue weighted by Gasteiger charge is -2.24. The summed E-state index contributed by atoms with van der Waals surface area (Å²) in [5.74, 6) is 0. The number of hydrogen-bond acceptors (Lipinski definition) is 1. The lowest BCUT2D eigenvalue weighted by molar-refractivity contribution is 0.592. The van der Waals surface area contributed by atoms with E-state index in [9.17, 15) is 0 Å². The molecule has 0 bridgehead atoms. The Hall–Kier alpha value is -1.09. The largest absolute Gasteiger partial charge is 0.360 e. The Morgan fingerprint density at radius 2 is 1.79 bits per heavy atom. The second-order valence-corrected chi connectivity index (χ2v) is 6.78. The summed E-state index contributed by atoms with van der Waals surface area (Å²) in [4.78, 5) is 0. The minimum Gasteiger partial charge on any atom is -0.360 e. The van der Waals surface area contributed by atoms with E-state index in [0.717, 1.165) is 10.8 Å². The Kier molecular flexibility index (Phi) is 4.46. The average Bonchev–Trinajstić information content (AvgIpc) is 2.81. The van der Waals surface area contributed by atoms with Crippen LogP contribution in [0.1, 0.15) is 52.0 Å². The van der Waals surface area contributed by atoms with Gasteiger partial charge in [-0.3, -0.25) is 0 Å². The standard InChI is InChI=1S/C16H24N2S/c1-16(2,3)13-10-6-7-11-14(13)18-15(19)17-12-8-4-5-9-12/h6-7,10-12H,4-5,8-9H2,1-3H3,(H2,17,18,19). The van der Waals surface area contributed by atoms with Gasteiger partial charge in [0.05, 0.1) is 0 Å². The Morgan fingerprint density at radius 1 is 1.16 bits per heavy atom. The molecule has 0 aromatic heterocycles. The minimum absolute atomic E-state index is 0.118. The van der Waals surface area contributed by atoms with Crippen molar-refractivity contribution in [3.8, 4) is 0 Å². The predicted molar refractivity (Wildman–Crippen MR) is 86.8 cm³/mol. The number of rotatable bonds is 2. The molecule has 2 rings (SSSR count). The molecule has 1 saturated carbocycles. The molecule has 0 spiro atoms. The van der Waals surface area contributed by atoms with Crippen molar-refractivity contribution in [2.75, 3.05) is 5.32 Å². The van der Waals surface area contributed by atoms with Crippen molar-refractivity contribution in [2.45, 2.75) is 57.9 Å². The summed E-state index contributed by atoms with van der Waals surface area (Å²) in [6, 6.07) is 8.96. The van der Waals surface area contributed by atoms with Crippen LogP contribution < -0.4 is 10.6 Å². The number of hydrogen-bond donors (Lipinski definition) is 2. The molecule has 1 aromatic rings. The maximum Gasteiger partial charge on any atom is 0.171 e. The van der Waals surface area contributed by atoms with E-state index in [2.05, 4.69) is 55.7 Å². The number of nitrogens with one attached hydrogen (secondary N) is 2. The van der Waals surface area contributed by atoms with Crippen LogP contribution in [-0.4, -0.2) is 11.2 Å². The summed E-state index contributed by atoms with van der Waals surface area (Å²) in [5.41, 5.74) is 2.53. The van der Waals surface area contributed by atoms with Crippen molar-refractivity contribution in [1.82, 2.24) is 5.32 Å². The van der Waals surface area contributed by atoms with Gasteiger partial charge in [0.15, 0.2) is 5.11 Å². The molecule has 104 valence electrons. The van der Waals surface area contributed by atoms with Crippen molar-refractivity contribution in [3.63, 3.8) is 0 Å². The number of anilines is 1. The summed E-state index contributed by atoms with van der Waals surface area (Å²) in [6.07, 6.45) is 5.11. The molecule has 0 amide bonds. The van der Waals surface area contributed by atoms with Gasteiger partial charge in [0.25, 0.3) is 0 Å². The van der Waals surface area contributed by atoms with Crippen molar-refractivity contribution < 1.29 is 0 Å². The second-order valence-electron chi connectivity index (χ2n) is 6.38. The van der Waals surface area contributed by atoms with Crippen LogP contribution in [0.3, 0.4) is 0 Å². The highest BCUT2D eigenvalue weighted by Crippen LogP contribution is 2.29. The lowest BCUT2D eigenvalue weighted by Crippen LogP contribution is -2.36. The summed E-state index contributed by atoms with van der Waals surface area (Å²) in [5, 5.41) is 7.54. The first-order valence-electron chi connectivity index (χ1n) is 7.14. The summed E-state index contributed by atoms with van der Waals surface area (Å²) in [6.45, 7) is 6.67. The third-order valence-electron chi connectivity index (χ3n) is 3.67. The molecule has 1 aliphatic rings. The van der Waals surface area contributed by atoms with Gasteiger partial charge in [-0.25, -0.2) is 0 Å². The SMILES string of the molecule is CC(C)(C)c1ccccc1NC(=S)NC1CCCC1. The van der Waals surface area contributed by atoms with Crippen LogP contribution in [0, 0.1) is 0 Å². The molecule has 0 radical (unpaired) electrons. The van der Waals surface area contributed by atoms with Crippen molar-refractivity contribution in [3.05, 3.63) is 29.8 Å². The van der Waals surface area contributed by atoms with Gasteiger partial charge in [-0.1, -0.05) is 51.8 Å². The zero-order valence-electron chi connectivity index (χ0n) is 12.1. The van der Waals surface area contributed by atoms with Gasteiger partial charge in [0, 0.05) is 11.7 Å². The van der Waals surface area contributed by atoms with E-state index in [1.165, 1.54) is 31.2 Å². The third kappa shape index (κ3) is 3.93. The number of para-hydroxylation sites is 1. The monoisotopic (exact) mass is 276 g/mol. The fraction of sp³-hybridized carbons (Fsp3) is 0.562. The minimum atomic E-state index is 0.118. The van der Waals surface area contributed by atoms with Gasteiger partial charge in [0.2, 0.25) is 0 Å². The van der Waals surface area contributed by atoms with Gasteiger partial charge in [-0.15, -0.1) is 0 Å². The van der Waals surface area contributed by atoms with Crippen LogP contribution in [0.15, 0.2) is 24.3 Å². The smallest absolute Gasteiger partial charge is 0.171 e. The molecule has 1 fully saturated rings. The highest BCUT2D eigenvalue weighted by molar-refractivity contribution is 7.80. The molecular formula is C16H24N2S. The van der Waals surface area contributed by atoms with Crippen molar-refractivity contribution in [1.29, 1.82) is 0 Å². The molecule has 0 unspecified atom stereocenters. The zero-order valence-corrected chi connectivity index (χ0v) is 12.9. The Bertz CT molecular complexity index is 442. The fourth-order valence-corrected chi connectivity index (χ4v) is 2.94. The summed E-state index contributed by atoms with van der Waals surface area (Å²) in [7, 11) is 0. The number of thiocarbonyl (C=S) groups is 1. The summed E-state index contributed by atoms with van der Waals surface area (Å²) < 4.78 is 0. The molecule has 0 aliphatic heterocycles. The van der Waals surface area contributed by atoms with Crippen LogP contribution >= 0.6 is 12.2 Å². The molecule has 19 heavy (non-hydrogen) atoms. The third-order valence-corrected chi connectivity index (χ3v) is 3.89. The van der Waals surface area contributed by atoms with Crippen LogP contribution in [0.25, 0.3) is 0 Å². The zero-order chi connectivity index (χ0) is 13.9. The molecule has 2 nitrogen and oxygen atoms in total. The van der Waals surface area contributed by atoms with E-state index in [0.29, 0.717) is 6.04 Å². The Balaban J connectivity index is 2.04. The Morgan fingerprint density at radius 3 is 2.42 bits per heavy atom. The summed E-state index contributed by atoms with van der Waals surface area (Å²) >= 11 is 5.43. The maximum absolute atomic E-state index is 5.43. The first-order valence-corrected chi connectivity index (χ1v) is 7.54. The van der Waals surface area contributed by atoms with Gasteiger partial charge in [-0.2, -0.15) is 0 Å². The van der Waals surface area contributed by atoms with E-state index < -0.39 is 0 Å². The molecule has 0 atom stereocenters. The Labute approximate surface area is 122 Å². The molecule has 0 saturated heterocycles. The molecule has 3 heteroatoms. The molecule has 0 heterocycles. The van der Waals surface area contributed by atoms with E-state index >= 15 is 0 Å². The fourth-order valence-electron chi connectivity index (χ4n) is 2.66. The average molecular weight is 276 g/mol. The van der Waals surface area contributed by atoms with Gasteiger partial charge < -0.3 is 10.6 Å². The van der Waals surface area contributed by atoms with Gasteiger partial charge in [0.1, 0.15) is 0 Å². The maximum atomic E-state index is 5.43. The quantitative estimate of drug-likeness (QED) is 0.791. The normalized spacial score (nSPS) is 16.4. The van der Waals surface area contributed by atoms with E-state index in [1.807, 2.05) is 0 Å². The van der Waals surface area contributed by atoms with Crippen molar-refractivity contribution >= 4 is 23.0 Å². The van der Waals surface area contributed by atoms with Gasteiger partial charge >= 0.3 is 0 Å². The van der Waals surface area contributed by atoms with E-state index in [-0.39, 0.29) is 5.41 Å². The molecule has 2 N–H and O–H groups in total. The highest BCUT2D eigenvalue weighted by Gasteiger charge is 2.19. The van der Waals surface area contributed by atoms with Crippen LogP contribution in [-0.2, 0) is 5.41 Å². The van der Waals surface area contributed by atoms with E-state index in [4.69, 9.17) is 12.2 Å². The first kappa shape index (κ1) is 14.3. The molecule has 1 aliphatic carbocycles. The van der Waals surface area contributed by atoms with Crippen LogP contribution in [0.2, 0.25) is 0 Å². The van der Waals surface area contributed by atoms with Gasteiger partial charge in [-0.05, 0) is 42.1 Å². The predicted octanol–water partition coefficient (Wildman–Crippen LogP) is 4.21.